The van der Waals surface area contributed by atoms with Crippen molar-refractivity contribution in [3.05, 3.63) is 182 Å². The van der Waals surface area contributed by atoms with Crippen molar-refractivity contribution in [2.75, 3.05) is 0 Å². The summed E-state index contributed by atoms with van der Waals surface area (Å²) < 4.78 is 11.4. The Labute approximate surface area is 336 Å². The Balaban J connectivity index is 1.18. The molecule has 0 bridgehead atoms. The molecule has 5 nitrogen and oxygen atoms in total. The summed E-state index contributed by atoms with van der Waals surface area (Å²) in [5.41, 5.74) is 15.7. The Bertz CT molecular complexity index is 3980. The first kappa shape index (κ1) is 31.1. The van der Waals surface area contributed by atoms with E-state index in [1.54, 1.807) is 0 Å². The van der Waals surface area contributed by atoms with Gasteiger partial charge in [0, 0.05) is 54.4 Å². The van der Waals surface area contributed by atoms with Crippen molar-refractivity contribution in [1.29, 1.82) is 0 Å². The minimum absolute atomic E-state index is 0.773. The molecule has 0 unspecified atom stereocenters. The van der Waals surface area contributed by atoms with Crippen molar-refractivity contribution >= 4 is 87.4 Å². The Kier molecular flexibility index (Phi) is 5.96. The number of hydrogen-bond donors (Lipinski definition) is 0. The van der Waals surface area contributed by atoms with Crippen molar-refractivity contribution in [2.45, 2.75) is 0 Å². The zero-order chi connectivity index (χ0) is 38.3. The second-order valence-corrected chi connectivity index (χ2v) is 15.7. The molecule has 0 atom stereocenters. The van der Waals surface area contributed by atoms with Gasteiger partial charge in [-0.05, 0) is 65.0 Å². The van der Waals surface area contributed by atoms with Gasteiger partial charge in [-0.2, -0.15) is 0 Å². The molecule has 272 valence electrons. The summed E-state index contributed by atoms with van der Waals surface area (Å²) in [4.78, 5) is 11.3. The van der Waals surface area contributed by atoms with E-state index in [4.69, 9.17) is 14.4 Å². The Morgan fingerprint density at radius 1 is 0.424 bits per heavy atom. The summed E-state index contributed by atoms with van der Waals surface area (Å²) in [5, 5.41) is 9.15. The van der Waals surface area contributed by atoms with Crippen molar-refractivity contribution < 1.29 is 4.42 Å². The molecule has 0 fully saturated rings. The van der Waals surface area contributed by atoms with Crippen molar-refractivity contribution in [3.8, 4) is 45.0 Å². The fourth-order valence-electron chi connectivity index (χ4n) is 10.1. The lowest BCUT2D eigenvalue weighted by Crippen LogP contribution is -2.04. The van der Waals surface area contributed by atoms with Crippen LogP contribution < -0.4 is 0 Å². The first-order chi connectivity index (χ1) is 29.3. The molecule has 1 aliphatic heterocycles. The van der Waals surface area contributed by atoms with E-state index < -0.39 is 0 Å². The molecule has 1 aliphatic rings. The first-order valence-corrected chi connectivity index (χ1v) is 20.1. The molecule has 13 aromatic rings. The number of hydrogen-bond acceptors (Lipinski definition) is 3. The number of para-hydroxylation sites is 4. The topological polar surface area (TPSA) is 48.8 Å². The zero-order valence-corrected chi connectivity index (χ0v) is 31.5. The number of nitrogens with zero attached hydrogens (tertiary/aromatic N) is 4. The standard InChI is InChI=1S/C54H30N4O/c1-2-14-33-31(13-1)26-28-42-52(33)56-51(32-25-27-38-37-18-8-12-24-47(37)59-48(38)29-32)54(55-42)58-45-23-11-7-20-40(45)49-46(58)30-41-36-17-6-10-22-44(36)57-43-21-9-5-16-35(43)34-15-3-4-19-39(34)50(49)53(41)57/h1-30H. The number of fused-ring (bicyclic) bond motifs is 18. The number of aromatic nitrogens is 4. The molecule has 5 heteroatoms. The lowest BCUT2D eigenvalue weighted by atomic mass is 9.91. The highest BCUT2D eigenvalue weighted by Crippen LogP contribution is 2.52. The van der Waals surface area contributed by atoms with Crippen LogP contribution in [0.5, 0.6) is 0 Å². The molecular weight excluding hydrogens is 721 g/mol. The van der Waals surface area contributed by atoms with Crippen LogP contribution in [-0.4, -0.2) is 19.1 Å². The van der Waals surface area contributed by atoms with E-state index in [9.17, 15) is 0 Å². The molecule has 59 heavy (non-hydrogen) atoms. The summed E-state index contributed by atoms with van der Waals surface area (Å²) in [6, 6.07) is 65.2. The van der Waals surface area contributed by atoms with E-state index in [2.05, 4.69) is 179 Å². The number of benzene rings is 9. The second-order valence-electron chi connectivity index (χ2n) is 15.7. The first-order valence-electron chi connectivity index (χ1n) is 20.1. The molecule has 0 spiro atoms. The van der Waals surface area contributed by atoms with E-state index >= 15 is 0 Å². The van der Waals surface area contributed by atoms with Crippen LogP contribution in [-0.2, 0) is 0 Å². The maximum atomic E-state index is 6.49. The van der Waals surface area contributed by atoms with Gasteiger partial charge < -0.3 is 8.98 Å². The van der Waals surface area contributed by atoms with Crippen LogP contribution in [0.15, 0.2) is 186 Å². The molecule has 14 rings (SSSR count). The average molecular weight is 751 g/mol. The second kappa shape index (κ2) is 11.3. The average Bonchev–Trinajstić information content (AvgIpc) is 3.92. The van der Waals surface area contributed by atoms with Crippen molar-refractivity contribution in [2.24, 2.45) is 0 Å². The normalized spacial score (nSPS) is 12.4. The van der Waals surface area contributed by atoms with Gasteiger partial charge in [-0.15, -0.1) is 0 Å². The predicted octanol–water partition coefficient (Wildman–Crippen LogP) is 14.2. The lowest BCUT2D eigenvalue weighted by molar-refractivity contribution is 0.669. The van der Waals surface area contributed by atoms with Gasteiger partial charge in [-0.3, -0.25) is 4.57 Å². The van der Waals surface area contributed by atoms with Crippen LogP contribution in [0.25, 0.3) is 132 Å². The third-order valence-electron chi connectivity index (χ3n) is 12.6. The maximum Gasteiger partial charge on any atom is 0.165 e. The largest absolute Gasteiger partial charge is 0.456 e. The molecule has 0 N–H and O–H groups in total. The number of rotatable bonds is 2. The van der Waals surface area contributed by atoms with E-state index in [1.807, 2.05) is 12.1 Å². The van der Waals surface area contributed by atoms with E-state index in [1.165, 1.54) is 55.1 Å². The molecule has 0 amide bonds. The highest BCUT2D eigenvalue weighted by molar-refractivity contribution is 6.28. The van der Waals surface area contributed by atoms with Gasteiger partial charge >= 0.3 is 0 Å². The smallest absolute Gasteiger partial charge is 0.165 e. The highest BCUT2D eigenvalue weighted by Gasteiger charge is 2.30. The molecule has 0 saturated carbocycles. The SMILES string of the molecule is c1ccc2c(c1)-c1ccccc1-n1c3ccccc3c3cc4c(c-2c31)c1ccccc1n4-c1nc2ccc3ccccc3c2nc1-c1ccc2c(c1)oc1ccccc12. The van der Waals surface area contributed by atoms with Crippen LogP contribution in [0.3, 0.4) is 0 Å². The van der Waals surface area contributed by atoms with Gasteiger partial charge in [0.1, 0.15) is 16.9 Å². The molecule has 5 heterocycles. The molecule has 0 aliphatic carbocycles. The van der Waals surface area contributed by atoms with Crippen molar-refractivity contribution in [1.82, 2.24) is 19.1 Å². The Morgan fingerprint density at radius 3 is 1.98 bits per heavy atom. The van der Waals surface area contributed by atoms with Gasteiger partial charge in [-0.25, -0.2) is 9.97 Å². The quantitative estimate of drug-likeness (QED) is 0.165. The molecule has 0 saturated heterocycles. The van der Waals surface area contributed by atoms with E-state index in [0.717, 1.165) is 77.2 Å². The van der Waals surface area contributed by atoms with E-state index in [0.29, 0.717) is 0 Å². The van der Waals surface area contributed by atoms with Gasteiger partial charge in [0.2, 0.25) is 0 Å². The summed E-state index contributed by atoms with van der Waals surface area (Å²) >= 11 is 0. The van der Waals surface area contributed by atoms with Crippen LogP contribution in [0.4, 0.5) is 0 Å². The monoisotopic (exact) mass is 750 g/mol. The third kappa shape index (κ3) is 4.08. The summed E-state index contributed by atoms with van der Waals surface area (Å²) in [5.74, 6) is 0.773. The van der Waals surface area contributed by atoms with Gasteiger partial charge in [0.15, 0.2) is 5.82 Å². The highest BCUT2D eigenvalue weighted by atomic mass is 16.3. The molecule has 0 radical (unpaired) electrons. The zero-order valence-electron chi connectivity index (χ0n) is 31.5. The van der Waals surface area contributed by atoms with Crippen LogP contribution >= 0.6 is 0 Å². The van der Waals surface area contributed by atoms with Crippen LogP contribution in [0.1, 0.15) is 0 Å². The molecule has 9 aromatic carbocycles. The summed E-state index contributed by atoms with van der Waals surface area (Å²) in [6.45, 7) is 0. The maximum absolute atomic E-state index is 6.49. The summed E-state index contributed by atoms with van der Waals surface area (Å²) in [6.07, 6.45) is 0. The van der Waals surface area contributed by atoms with Gasteiger partial charge in [-0.1, -0.05) is 133 Å². The van der Waals surface area contributed by atoms with E-state index in [-0.39, 0.29) is 0 Å². The predicted molar refractivity (Wildman–Crippen MR) is 243 cm³/mol. The lowest BCUT2D eigenvalue weighted by Gasteiger charge is -2.15. The van der Waals surface area contributed by atoms with Crippen LogP contribution in [0.2, 0.25) is 0 Å². The number of furan rings is 1. The third-order valence-corrected chi connectivity index (χ3v) is 12.6. The fraction of sp³-hybridized carbons (Fsp3) is 0. The van der Waals surface area contributed by atoms with Crippen LogP contribution in [0, 0.1) is 0 Å². The fourth-order valence-corrected chi connectivity index (χ4v) is 10.1. The van der Waals surface area contributed by atoms with Crippen molar-refractivity contribution in [3.63, 3.8) is 0 Å². The Hall–Kier alpha value is -8.02. The molecular formula is C54H30N4O. The van der Waals surface area contributed by atoms with Gasteiger partial charge in [0.25, 0.3) is 0 Å². The minimum atomic E-state index is 0.773. The van der Waals surface area contributed by atoms with Gasteiger partial charge in [0.05, 0.1) is 38.8 Å². The molecule has 4 aromatic heterocycles. The summed E-state index contributed by atoms with van der Waals surface area (Å²) in [7, 11) is 0. The Morgan fingerprint density at radius 2 is 1.10 bits per heavy atom. The minimum Gasteiger partial charge on any atom is -0.456 e.